The van der Waals surface area contributed by atoms with Crippen molar-refractivity contribution in [2.45, 2.75) is 5.88 Å². The number of aromatic nitrogens is 1. The van der Waals surface area contributed by atoms with Gasteiger partial charge in [0.25, 0.3) is 0 Å². The highest BCUT2D eigenvalue weighted by Gasteiger charge is 2.08. The minimum Gasteiger partial charge on any atom is -0.443 e. The van der Waals surface area contributed by atoms with Gasteiger partial charge in [-0.3, -0.25) is 0 Å². The van der Waals surface area contributed by atoms with Gasteiger partial charge >= 0.3 is 0 Å². The highest BCUT2D eigenvalue weighted by Crippen LogP contribution is 2.24. The van der Waals surface area contributed by atoms with Gasteiger partial charge < -0.3 is 4.42 Å². The molecule has 0 fully saturated rings. The zero-order valence-corrected chi connectivity index (χ0v) is 10.1. The Hall–Kier alpha value is -0.550. The molecule has 0 aliphatic carbocycles. The first-order valence-electron chi connectivity index (χ1n) is 4.05. The van der Waals surface area contributed by atoms with Gasteiger partial charge in [0.05, 0.1) is 5.88 Å². The van der Waals surface area contributed by atoms with E-state index in [0.29, 0.717) is 5.88 Å². The summed E-state index contributed by atoms with van der Waals surface area (Å²) in [6, 6.07) is 8.05. The molecule has 0 saturated heterocycles. The predicted molar refractivity (Wildman–Crippen MR) is 64.2 cm³/mol. The van der Waals surface area contributed by atoms with E-state index in [4.69, 9.17) is 16.0 Å². The number of oxazole rings is 1. The minimum absolute atomic E-state index is 0.373. The number of alkyl halides is 1. The lowest BCUT2D eigenvalue weighted by Gasteiger charge is -1.98. The van der Waals surface area contributed by atoms with Crippen molar-refractivity contribution in [1.82, 2.24) is 4.98 Å². The molecule has 0 atom stereocenters. The standard InChI is InChI=1S/C10H7ClINO/c11-5-9-10(14-6-13-9)7-1-3-8(12)4-2-7/h1-4,6H,5H2. The second-order valence-electron chi connectivity index (χ2n) is 2.77. The zero-order valence-electron chi connectivity index (χ0n) is 7.21. The fourth-order valence-corrected chi connectivity index (χ4v) is 1.75. The summed E-state index contributed by atoms with van der Waals surface area (Å²) in [6.07, 6.45) is 1.42. The van der Waals surface area contributed by atoms with Crippen LogP contribution >= 0.6 is 34.2 Å². The molecule has 4 heteroatoms. The van der Waals surface area contributed by atoms with Crippen LogP contribution in [0.4, 0.5) is 0 Å². The van der Waals surface area contributed by atoms with Crippen LogP contribution in [0, 0.1) is 3.57 Å². The molecule has 0 N–H and O–H groups in total. The van der Waals surface area contributed by atoms with Gasteiger partial charge in [0.1, 0.15) is 5.69 Å². The Balaban J connectivity index is 2.44. The molecule has 1 aromatic heterocycles. The van der Waals surface area contributed by atoms with E-state index < -0.39 is 0 Å². The molecule has 1 heterocycles. The van der Waals surface area contributed by atoms with Crippen LogP contribution in [0.25, 0.3) is 11.3 Å². The summed E-state index contributed by atoms with van der Waals surface area (Å²) in [5, 5.41) is 0. The molecule has 0 unspecified atom stereocenters. The predicted octanol–water partition coefficient (Wildman–Crippen LogP) is 3.69. The number of nitrogens with zero attached hydrogens (tertiary/aromatic N) is 1. The number of hydrogen-bond donors (Lipinski definition) is 0. The van der Waals surface area contributed by atoms with E-state index >= 15 is 0 Å². The third-order valence-electron chi connectivity index (χ3n) is 1.87. The molecule has 0 radical (unpaired) electrons. The van der Waals surface area contributed by atoms with E-state index in [0.717, 1.165) is 17.0 Å². The van der Waals surface area contributed by atoms with Crippen LogP contribution in [0.1, 0.15) is 5.69 Å². The smallest absolute Gasteiger partial charge is 0.181 e. The molecule has 0 spiro atoms. The molecular formula is C10H7ClINO. The number of hydrogen-bond acceptors (Lipinski definition) is 2. The lowest BCUT2D eigenvalue weighted by atomic mass is 10.1. The van der Waals surface area contributed by atoms with Crippen LogP contribution in [0.15, 0.2) is 35.1 Å². The molecule has 0 amide bonds. The second kappa shape index (κ2) is 4.31. The molecule has 0 saturated carbocycles. The quantitative estimate of drug-likeness (QED) is 0.623. The maximum absolute atomic E-state index is 5.73. The largest absolute Gasteiger partial charge is 0.443 e. The Morgan fingerprint density at radius 1 is 1.29 bits per heavy atom. The topological polar surface area (TPSA) is 26.0 Å². The van der Waals surface area contributed by atoms with Gasteiger partial charge in [-0.25, -0.2) is 4.98 Å². The van der Waals surface area contributed by atoms with Gasteiger partial charge in [0.2, 0.25) is 0 Å². The molecule has 14 heavy (non-hydrogen) atoms. The van der Waals surface area contributed by atoms with Crippen LogP contribution in [-0.2, 0) is 5.88 Å². The summed E-state index contributed by atoms with van der Waals surface area (Å²) in [6.45, 7) is 0. The first-order valence-corrected chi connectivity index (χ1v) is 5.67. The van der Waals surface area contributed by atoms with Crippen molar-refractivity contribution < 1.29 is 4.42 Å². The molecule has 72 valence electrons. The third kappa shape index (κ3) is 1.93. The molecule has 0 bridgehead atoms. The fourth-order valence-electron chi connectivity index (χ4n) is 1.20. The first-order chi connectivity index (χ1) is 6.81. The molecule has 1 aromatic carbocycles. The van der Waals surface area contributed by atoms with Crippen molar-refractivity contribution in [3.8, 4) is 11.3 Å². The Morgan fingerprint density at radius 3 is 2.64 bits per heavy atom. The van der Waals surface area contributed by atoms with Crippen LogP contribution in [0.5, 0.6) is 0 Å². The van der Waals surface area contributed by atoms with Gasteiger partial charge in [-0.2, -0.15) is 0 Å². The van der Waals surface area contributed by atoms with E-state index in [9.17, 15) is 0 Å². The highest BCUT2D eigenvalue weighted by atomic mass is 127. The van der Waals surface area contributed by atoms with Gasteiger partial charge in [-0.15, -0.1) is 11.6 Å². The van der Waals surface area contributed by atoms with Gasteiger partial charge in [-0.05, 0) is 34.7 Å². The summed E-state index contributed by atoms with van der Waals surface area (Å²) in [5.41, 5.74) is 1.80. The van der Waals surface area contributed by atoms with Gasteiger partial charge in [0.15, 0.2) is 12.2 Å². The second-order valence-corrected chi connectivity index (χ2v) is 4.28. The van der Waals surface area contributed by atoms with E-state index in [2.05, 4.69) is 27.6 Å². The summed E-state index contributed by atoms with van der Waals surface area (Å²) in [7, 11) is 0. The van der Waals surface area contributed by atoms with Crippen LogP contribution < -0.4 is 0 Å². The Morgan fingerprint density at radius 2 is 2.00 bits per heavy atom. The third-order valence-corrected chi connectivity index (χ3v) is 2.85. The summed E-state index contributed by atoms with van der Waals surface area (Å²) < 4.78 is 6.48. The highest BCUT2D eigenvalue weighted by molar-refractivity contribution is 14.1. The average Bonchev–Trinajstić information content (AvgIpc) is 2.67. The Bertz CT molecular complexity index is 424. The maximum Gasteiger partial charge on any atom is 0.181 e. The summed E-state index contributed by atoms with van der Waals surface area (Å²) in [4.78, 5) is 4.03. The van der Waals surface area contributed by atoms with Crippen molar-refractivity contribution in [2.75, 3.05) is 0 Å². The lowest BCUT2D eigenvalue weighted by molar-refractivity contribution is 0.571. The first kappa shape index (κ1) is 9.98. The van der Waals surface area contributed by atoms with Gasteiger partial charge in [-0.1, -0.05) is 12.1 Å². The molecule has 2 aromatic rings. The van der Waals surface area contributed by atoms with E-state index in [-0.39, 0.29) is 0 Å². The molecule has 0 aliphatic rings. The fraction of sp³-hybridized carbons (Fsp3) is 0.100. The Labute approximate surface area is 100 Å². The van der Waals surface area contributed by atoms with Crippen molar-refractivity contribution in [2.24, 2.45) is 0 Å². The molecular weight excluding hydrogens is 312 g/mol. The van der Waals surface area contributed by atoms with E-state index in [1.54, 1.807) is 0 Å². The minimum atomic E-state index is 0.373. The monoisotopic (exact) mass is 319 g/mol. The zero-order chi connectivity index (χ0) is 9.97. The van der Waals surface area contributed by atoms with Crippen molar-refractivity contribution >= 4 is 34.2 Å². The molecule has 2 rings (SSSR count). The molecule has 2 nitrogen and oxygen atoms in total. The number of benzene rings is 1. The van der Waals surface area contributed by atoms with E-state index in [1.807, 2.05) is 24.3 Å². The van der Waals surface area contributed by atoms with Crippen molar-refractivity contribution in [3.63, 3.8) is 0 Å². The van der Waals surface area contributed by atoms with Crippen molar-refractivity contribution in [1.29, 1.82) is 0 Å². The van der Waals surface area contributed by atoms with Crippen LogP contribution in [-0.4, -0.2) is 4.98 Å². The van der Waals surface area contributed by atoms with E-state index in [1.165, 1.54) is 9.96 Å². The lowest BCUT2D eigenvalue weighted by Crippen LogP contribution is -1.82. The van der Waals surface area contributed by atoms with Crippen LogP contribution in [0.2, 0.25) is 0 Å². The summed E-state index contributed by atoms with van der Waals surface area (Å²) in [5.74, 6) is 1.13. The van der Waals surface area contributed by atoms with Crippen molar-refractivity contribution in [3.05, 3.63) is 39.9 Å². The molecule has 0 aliphatic heterocycles. The van der Waals surface area contributed by atoms with Gasteiger partial charge in [0, 0.05) is 9.13 Å². The summed E-state index contributed by atoms with van der Waals surface area (Å²) >= 11 is 7.99. The number of halogens is 2. The maximum atomic E-state index is 5.73. The van der Waals surface area contributed by atoms with Crippen LogP contribution in [0.3, 0.4) is 0 Å². The average molecular weight is 320 g/mol. The Kier molecular flexibility index (Phi) is 3.08. The number of rotatable bonds is 2. The normalized spacial score (nSPS) is 10.4. The SMILES string of the molecule is ClCc1ncoc1-c1ccc(I)cc1.